The highest BCUT2D eigenvalue weighted by atomic mass is 16.4. The fourth-order valence-corrected chi connectivity index (χ4v) is 2.91. The fraction of sp³-hybridized carbons (Fsp3) is 0.800. The Bertz CT molecular complexity index is 441. The van der Waals surface area contributed by atoms with Gasteiger partial charge in [-0.25, -0.2) is 0 Å². The summed E-state index contributed by atoms with van der Waals surface area (Å²) in [6, 6.07) is 0. The molecule has 1 fully saturated rings. The monoisotopic (exact) mass is 298 g/mol. The van der Waals surface area contributed by atoms with Gasteiger partial charge < -0.3 is 14.9 Å². The van der Waals surface area contributed by atoms with Crippen LogP contribution < -0.4 is 0 Å². The molecule has 0 spiro atoms. The molecule has 1 heterocycles. The number of hydrogen-bond acceptors (Lipinski definition) is 3. The quantitative estimate of drug-likeness (QED) is 0.831. The van der Waals surface area contributed by atoms with Crippen LogP contribution in [0.3, 0.4) is 0 Å². The Kier molecular flexibility index (Phi) is 5.02. The van der Waals surface area contributed by atoms with Gasteiger partial charge in [-0.1, -0.05) is 13.8 Å². The average molecular weight is 298 g/mol. The molecule has 2 amide bonds. The molecule has 0 aromatic carbocycles. The lowest BCUT2D eigenvalue weighted by molar-refractivity contribution is -0.162. The van der Waals surface area contributed by atoms with E-state index in [9.17, 15) is 19.5 Å². The number of aliphatic carboxylic acids is 1. The highest BCUT2D eigenvalue weighted by Crippen LogP contribution is 2.33. The molecule has 0 aliphatic carbocycles. The molecule has 1 saturated heterocycles. The summed E-state index contributed by atoms with van der Waals surface area (Å²) in [7, 11) is 1.71. The van der Waals surface area contributed by atoms with Gasteiger partial charge in [0, 0.05) is 26.6 Å². The number of nitrogens with zero attached hydrogens (tertiary/aromatic N) is 2. The minimum Gasteiger partial charge on any atom is -0.481 e. The zero-order valence-corrected chi connectivity index (χ0v) is 13.6. The van der Waals surface area contributed by atoms with Crippen LogP contribution in [0.2, 0.25) is 0 Å². The van der Waals surface area contributed by atoms with Crippen LogP contribution in [-0.2, 0) is 14.4 Å². The second-order valence-electron chi connectivity index (χ2n) is 6.30. The summed E-state index contributed by atoms with van der Waals surface area (Å²) in [4.78, 5) is 39.5. The van der Waals surface area contributed by atoms with Crippen LogP contribution >= 0.6 is 0 Å². The summed E-state index contributed by atoms with van der Waals surface area (Å²) >= 11 is 0. The number of hydrogen-bond donors (Lipinski definition) is 1. The minimum atomic E-state index is -1.04. The van der Waals surface area contributed by atoms with Crippen molar-refractivity contribution in [2.24, 2.45) is 5.41 Å². The topological polar surface area (TPSA) is 77.9 Å². The van der Waals surface area contributed by atoms with Gasteiger partial charge >= 0.3 is 5.97 Å². The van der Waals surface area contributed by atoms with Crippen molar-refractivity contribution >= 4 is 17.8 Å². The van der Waals surface area contributed by atoms with Crippen LogP contribution in [0.5, 0.6) is 0 Å². The third kappa shape index (κ3) is 3.04. The minimum absolute atomic E-state index is 0.0598. The highest BCUT2D eigenvalue weighted by molar-refractivity contribution is 5.93. The van der Waals surface area contributed by atoms with Gasteiger partial charge in [0.05, 0.1) is 5.41 Å². The smallest absolute Gasteiger partial charge is 0.310 e. The molecule has 6 nitrogen and oxygen atoms in total. The summed E-state index contributed by atoms with van der Waals surface area (Å²) in [5, 5.41) is 9.45. The lowest BCUT2D eigenvalue weighted by atomic mass is 9.78. The number of carboxylic acids is 1. The van der Waals surface area contributed by atoms with E-state index in [0.29, 0.717) is 25.9 Å². The second-order valence-corrected chi connectivity index (χ2v) is 6.30. The first-order chi connectivity index (χ1) is 9.62. The van der Waals surface area contributed by atoms with E-state index in [0.717, 1.165) is 0 Å². The standard InChI is InChI=1S/C15H26N2O4/c1-6-15(7-2,13(20)21)10-11(18)17-9-8-16(5)12(19)14(17,3)4/h6-10H2,1-5H3,(H,20,21). The summed E-state index contributed by atoms with van der Waals surface area (Å²) in [5.74, 6) is -1.32. The van der Waals surface area contributed by atoms with Crippen molar-refractivity contribution < 1.29 is 19.5 Å². The van der Waals surface area contributed by atoms with Crippen LogP contribution in [0.15, 0.2) is 0 Å². The largest absolute Gasteiger partial charge is 0.481 e. The number of carboxylic acid groups (broad SMARTS) is 1. The Morgan fingerprint density at radius 3 is 2.19 bits per heavy atom. The molecule has 6 heteroatoms. The molecular weight excluding hydrogens is 272 g/mol. The fourth-order valence-electron chi connectivity index (χ4n) is 2.91. The first-order valence-corrected chi connectivity index (χ1v) is 7.41. The molecule has 1 N–H and O–H groups in total. The van der Waals surface area contributed by atoms with E-state index in [4.69, 9.17) is 0 Å². The van der Waals surface area contributed by atoms with E-state index in [1.807, 2.05) is 0 Å². The maximum absolute atomic E-state index is 12.6. The predicted molar refractivity (Wildman–Crippen MR) is 78.7 cm³/mol. The summed E-state index contributed by atoms with van der Waals surface area (Å²) in [5.41, 5.74) is -1.96. The van der Waals surface area contributed by atoms with Gasteiger partial charge in [0.1, 0.15) is 5.54 Å². The highest BCUT2D eigenvalue weighted by Gasteiger charge is 2.46. The van der Waals surface area contributed by atoms with Crippen molar-refractivity contribution in [3.8, 4) is 0 Å². The number of amides is 2. The Hall–Kier alpha value is -1.59. The van der Waals surface area contributed by atoms with Crippen molar-refractivity contribution in [1.82, 2.24) is 9.80 Å². The molecule has 0 aromatic heterocycles. The van der Waals surface area contributed by atoms with Crippen molar-refractivity contribution in [1.29, 1.82) is 0 Å². The number of likely N-dealkylation sites (N-methyl/N-ethyl adjacent to an activating group) is 1. The molecule has 0 bridgehead atoms. The zero-order valence-electron chi connectivity index (χ0n) is 13.6. The first-order valence-electron chi connectivity index (χ1n) is 7.41. The van der Waals surface area contributed by atoms with E-state index in [2.05, 4.69) is 0 Å². The third-order valence-electron chi connectivity index (χ3n) is 4.80. The molecular formula is C15H26N2O4. The predicted octanol–water partition coefficient (Wildman–Crippen LogP) is 1.35. The lowest BCUT2D eigenvalue weighted by Gasteiger charge is -2.45. The van der Waals surface area contributed by atoms with Gasteiger partial charge in [-0.15, -0.1) is 0 Å². The van der Waals surface area contributed by atoms with Crippen LogP contribution in [0.25, 0.3) is 0 Å². The number of piperazine rings is 1. The van der Waals surface area contributed by atoms with Gasteiger partial charge in [0.2, 0.25) is 11.8 Å². The van der Waals surface area contributed by atoms with E-state index in [-0.39, 0.29) is 18.2 Å². The van der Waals surface area contributed by atoms with Crippen LogP contribution in [0.4, 0.5) is 0 Å². The average Bonchev–Trinajstić information content (AvgIpc) is 2.41. The molecule has 21 heavy (non-hydrogen) atoms. The van der Waals surface area contributed by atoms with Crippen molar-refractivity contribution in [2.75, 3.05) is 20.1 Å². The molecule has 0 saturated carbocycles. The first kappa shape index (κ1) is 17.5. The van der Waals surface area contributed by atoms with Gasteiger partial charge in [0.25, 0.3) is 0 Å². The van der Waals surface area contributed by atoms with Gasteiger partial charge in [-0.2, -0.15) is 0 Å². The third-order valence-corrected chi connectivity index (χ3v) is 4.80. The van der Waals surface area contributed by atoms with Crippen molar-refractivity contribution in [3.63, 3.8) is 0 Å². The number of carbonyl (C=O) groups is 3. The molecule has 0 atom stereocenters. The van der Waals surface area contributed by atoms with Gasteiger partial charge in [-0.05, 0) is 26.7 Å². The SMILES string of the molecule is CCC(CC)(CC(=O)N1CCN(C)C(=O)C1(C)C)C(=O)O. The van der Waals surface area contributed by atoms with Gasteiger partial charge in [-0.3, -0.25) is 14.4 Å². The zero-order chi connectivity index (χ0) is 16.4. The number of carbonyl (C=O) groups excluding carboxylic acids is 2. The summed E-state index contributed by atoms with van der Waals surface area (Å²) in [6.07, 6.45) is 0.731. The van der Waals surface area contributed by atoms with Crippen molar-refractivity contribution in [3.05, 3.63) is 0 Å². The van der Waals surface area contributed by atoms with E-state index in [1.165, 1.54) is 4.90 Å². The van der Waals surface area contributed by atoms with Gasteiger partial charge in [0.15, 0.2) is 0 Å². The van der Waals surface area contributed by atoms with E-state index >= 15 is 0 Å². The molecule has 1 rings (SSSR count). The Morgan fingerprint density at radius 2 is 1.76 bits per heavy atom. The molecule has 0 radical (unpaired) electrons. The Morgan fingerprint density at radius 1 is 1.24 bits per heavy atom. The summed E-state index contributed by atoms with van der Waals surface area (Å²) in [6.45, 7) is 7.91. The Labute approximate surface area is 126 Å². The van der Waals surface area contributed by atoms with E-state index in [1.54, 1.807) is 39.6 Å². The molecule has 1 aliphatic heterocycles. The normalized spacial score (nSPS) is 18.8. The van der Waals surface area contributed by atoms with Crippen molar-refractivity contribution in [2.45, 2.75) is 52.5 Å². The second kappa shape index (κ2) is 6.03. The van der Waals surface area contributed by atoms with Crippen LogP contribution in [0, 0.1) is 5.41 Å². The number of rotatable bonds is 5. The van der Waals surface area contributed by atoms with Crippen LogP contribution in [-0.4, -0.2) is 58.4 Å². The summed E-state index contributed by atoms with van der Waals surface area (Å²) < 4.78 is 0. The molecule has 0 unspecified atom stereocenters. The Balaban J connectivity index is 2.98. The maximum Gasteiger partial charge on any atom is 0.310 e. The molecule has 1 aliphatic rings. The molecule has 0 aromatic rings. The van der Waals surface area contributed by atoms with E-state index < -0.39 is 16.9 Å². The lowest BCUT2D eigenvalue weighted by Crippen LogP contribution is -2.64. The maximum atomic E-state index is 12.6. The van der Waals surface area contributed by atoms with Crippen LogP contribution in [0.1, 0.15) is 47.0 Å². The molecule has 120 valence electrons.